The van der Waals surface area contributed by atoms with Crippen molar-refractivity contribution in [2.45, 2.75) is 32.2 Å². The Hall–Kier alpha value is -0.970. The number of hydrogen-bond donors (Lipinski definition) is 1. The van der Waals surface area contributed by atoms with Crippen molar-refractivity contribution in [2.75, 3.05) is 33.4 Å². The molecule has 21 heavy (non-hydrogen) atoms. The van der Waals surface area contributed by atoms with E-state index in [1.807, 2.05) is 6.07 Å². The molecule has 2 N–H and O–H groups in total. The molecule has 0 heterocycles. The van der Waals surface area contributed by atoms with Crippen LogP contribution in [0.2, 0.25) is 0 Å². The Morgan fingerprint density at radius 1 is 1.38 bits per heavy atom. The molecule has 1 unspecified atom stereocenters. The van der Waals surface area contributed by atoms with Gasteiger partial charge in [-0.25, -0.2) is 4.39 Å². The lowest BCUT2D eigenvalue weighted by atomic mass is 10.0. The highest BCUT2D eigenvalue weighted by atomic mass is 19.1. The second-order valence-electron chi connectivity index (χ2n) is 6.23. The van der Waals surface area contributed by atoms with Crippen molar-refractivity contribution in [3.05, 3.63) is 35.1 Å². The van der Waals surface area contributed by atoms with Crippen molar-refractivity contribution in [1.82, 2.24) is 4.90 Å². The van der Waals surface area contributed by atoms with Gasteiger partial charge < -0.3 is 15.4 Å². The van der Waals surface area contributed by atoms with Gasteiger partial charge in [0.15, 0.2) is 0 Å². The second kappa shape index (κ2) is 7.87. The smallest absolute Gasteiger partial charge is 0.126 e. The number of ether oxygens (including phenoxy) is 1. The van der Waals surface area contributed by atoms with Crippen molar-refractivity contribution in [1.29, 1.82) is 0 Å². The molecule has 1 aliphatic carbocycles. The van der Waals surface area contributed by atoms with Crippen molar-refractivity contribution in [3.8, 4) is 0 Å². The Morgan fingerprint density at radius 2 is 2.14 bits per heavy atom. The second-order valence-corrected chi connectivity index (χ2v) is 6.23. The average Bonchev–Trinajstić information content (AvgIpc) is 3.28. The van der Waals surface area contributed by atoms with Crippen LogP contribution >= 0.6 is 0 Å². The molecule has 0 radical (unpaired) electrons. The molecule has 4 heteroatoms. The normalized spacial score (nSPS) is 16.4. The van der Waals surface area contributed by atoms with Crippen LogP contribution in [0.3, 0.4) is 0 Å². The summed E-state index contributed by atoms with van der Waals surface area (Å²) in [4.78, 5) is 2.22. The summed E-state index contributed by atoms with van der Waals surface area (Å²) in [6, 6.07) is 5.15. The highest BCUT2D eigenvalue weighted by Crippen LogP contribution is 2.28. The standard InChI is InChI=1S/C17H27FN2O/c1-13-3-6-15(11-16(13)18)17(19)7-8-20(2)9-10-21-12-14-4-5-14/h3,6,11,14,17H,4-5,7-10,12,19H2,1-2H3. The number of likely N-dealkylation sites (N-methyl/N-ethyl adjacent to an activating group) is 1. The van der Waals surface area contributed by atoms with E-state index >= 15 is 0 Å². The van der Waals surface area contributed by atoms with Gasteiger partial charge in [0, 0.05) is 19.2 Å². The predicted molar refractivity (Wildman–Crippen MR) is 83.7 cm³/mol. The molecular formula is C17H27FN2O. The van der Waals surface area contributed by atoms with Crippen LogP contribution in [-0.2, 0) is 4.74 Å². The summed E-state index contributed by atoms with van der Waals surface area (Å²) < 4.78 is 19.2. The van der Waals surface area contributed by atoms with Gasteiger partial charge in [-0.05, 0) is 62.9 Å². The number of aryl methyl sites for hydroxylation is 1. The number of benzene rings is 1. The lowest BCUT2D eigenvalue weighted by Gasteiger charge is -2.19. The monoisotopic (exact) mass is 294 g/mol. The van der Waals surface area contributed by atoms with Crippen LogP contribution in [0.5, 0.6) is 0 Å². The summed E-state index contributed by atoms with van der Waals surface area (Å²) in [5.41, 5.74) is 7.68. The minimum absolute atomic E-state index is 0.116. The number of halogens is 1. The Morgan fingerprint density at radius 3 is 2.81 bits per heavy atom. The SMILES string of the molecule is Cc1ccc(C(N)CCN(C)CCOCC2CC2)cc1F. The zero-order chi connectivity index (χ0) is 15.2. The van der Waals surface area contributed by atoms with Gasteiger partial charge in [-0.2, -0.15) is 0 Å². The molecule has 1 atom stereocenters. The van der Waals surface area contributed by atoms with E-state index in [0.717, 1.165) is 44.2 Å². The third-order valence-corrected chi connectivity index (χ3v) is 4.11. The maximum absolute atomic E-state index is 13.5. The van der Waals surface area contributed by atoms with Crippen LogP contribution in [0, 0.1) is 18.7 Å². The minimum Gasteiger partial charge on any atom is -0.380 e. The largest absolute Gasteiger partial charge is 0.380 e. The molecule has 1 aromatic carbocycles. The van der Waals surface area contributed by atoms with Gasteiger partial charge in [0.1, 0.15) is 5.82 Å². The quantitative estimate of drug-likeness (QED) is 0.712. The van der Waals surface area contributed by atoms with Gasteiger partial charge >= 0.3 is 0 Å². The van der Waals surface area contributed by atoms with Gasteiger partial charge in [0.2, 0.25) is 0 Å². The number of nitrogens with two attached hydrogens (primary N) is 1. The first-order chi connectivity index (χ1) is 10.1. The van der Waals surface area contributed by atoms with Gasteiger partial charge in [0.05, 0.1) is 6.61 Å². The maximum atomic E-state index is 13.5. The van der Waals surface area contributed by atoms with E-state index in [9.17, 15) is 4.39 Å². The van der Waals surface area contributed by atoms with Crippen LogP contribution < -0.4 is 5.73 Å². The highest BCUT2D eigenvalue weighted by Gasteiger charge is 2.20. The molecule has 1 aromatic rings. The fourth-order valence-corrected chi connectivity index (χ4v) is 2.23. The highest BCUT2D eigenvalue weighted by molar-refractivity contribution is 5.25. The van der Waals surface area contributed by atoms with Gasteiger partial charge in [-0.1, -0.05) is 12.1 Å². The first-order valence-corrected chi connectivity index (χ1v) is 7.84. The first kappa shape index (κ1) is 16.4. The van der Waals surface area contributed by atoms with Crippen molar-refractivity contribution >= 4 is 0 Å². The molecule has 0 aliphatic heterocycles. The van der Waals surface area contributed by atoms with Crippen LogP contribution in [-0.4, -0.2) is 38.3 Å². The number of nitrogens with zero attached hydrogens (tertiary/aromatic N) is 1. The van der Waals surface area contributed by atoms with E-state index < -0.39 is 0 Å². The maximum Gasteiger partial charge on any atom is 0.126 e. The van der Waals surface area contributed by atoms with Crippen molar-refractivity contribution < 1.29 is 9.13 Å². The first-order valence-electron chi connectivity index (χ1n) is 7.84. The summed E-state index contributed by atoms with van der Waals surface area (Å²) in [6.07, 6.45) is 3.48. The number of hydrogen-bond acceptors (Lipinski definition) is 3. The summed E-state index contributed by atoms with van der Waals surface area (Å²) in [7, 11) is 2.07. The lowest BCUT2D eigenvalue weighted by Crippen LogP contribution is -2.27. The zero-order valence-corrected chi connectivity index (χ0v) is 13.1. The van der Waals surface area contributed by atoms with E-state index in [1.165, 1.54) is 12.8 Å². The van der Waals surface area contributed by atoms with Crippen LogP contribution in [0.4, 0.5) is 4.39 Å². The fourth-order valence-electron chi connectivity index (χ4n) is 2.23. The van der Waals surface area contributed by atoms with E-state index in [0.29, 0.717) is 5.56 Å². The van der Waals surface area contributed by atoms with Gasteiger partial charge in [-0.3, -0.25) is 0 Å². The predicted octanol–water partition coefficient (Wildman–Crippen LogP) is 2.88. The summed E-state index contributed by atoms with van der Waals surface area (Å²) >= 11 is 0. The summed E-state index contributed by atoms with van der Waals surface area (Å²) in [5, 5.41) is 0. The third-order valence-electron chi connectivity index (χ3n) is 4.11. The Balaban J connectivity index is 1.64. The molecule has 0 amide bonds. The molecule has 0 saturated heterocycles. The summed E-state index contributed by atoms with van der Waals surface area (Å²) in [6.45, 7) is 5.27. The molecule has 3 nitrogen and oxygen atoms in total. The lowest BCUT2D eigenvalue weighted by molar-refractivity contribution is 0.103. The fraction of sp³-hybridized carbons (Fsp3) is 0.647. The molecule has 118 valence electrons. The van der Waals surface area contributed by atoms with E-state index in [1.54, 1.807) is 19.1 Å². The molecule has 0 spiro atoms. The number of rotatable bonds is 9. The Kier molecular flexibility index (Phi) is 6.15. The molecule has 1 saturated carbocycles. The third kappa shape index (κ3) is 5.73. The van der Waals surface area contributed by atoms with Gasteiger partial charge in [0.25, 0.3) is 0 Å². The molecule has 0 aromatic heterocycles. The van der Waals surface area contributed by atoms with E-state index in [-0.39, 0.29) is 11.9 Å². The Bertz CT molecular complexity index is 448. The molecule has 1 fully saturated rings. The van der Waals surface area contributed by atoms with Crippen LogP contribution in [0.15, 0.2) is 18.2 Å². The molecular weight excluding hydrogens is 267 g/mol. The minimum atomic E-state index is -0.176. The summed E-state index contributed by atoms with van der Waals surface area (Å²) in [5.74, 6) is 0.643. The topological polar surface area (TPSA) is 38.5 Å². The van der Waals surface area contributed by atoms with E-state index in [4.69, 9.17) is 10.5 Å². The zero-order valence-electron chi connectivity index (χ0n) is 13.1. The van der Waals surface area contributed by atoms with Gasteiger partial charge in [-0.15, -0.1) is 0 Å². The average molecular weight is 294 g/mol. The molecule has 2 rings (SSSR count). The molecule has 1 aliphatic rings. The van der Waals surface area contributed by atoms with Crippen LogP contribution in [0.1, 0.15) is 36.4 Å². The van der Waals surface area contributed by atoms with Crippen molar-refractivity contribution in [3.63, 3.8) is 0 Å². The van der Waals surface area contributed by atoms with Crippen molar-refractivity contribution in [2.24, 2.45) is 11.7 Å². The molecule has 0 bridgehead atoms. The van der Waals surface area contributed by atoms with Crippen LogP contribution in [0.25, 0.3) is 0 Å². The van der Waals surface area contributed by atoms with E-state index in [2.05, 4.69) is 11.9 Å². The Labute approximate surface area is 127 Å².